The minimum absolute atomic E-state index is 0.917. The molecule has 0 aliphatic carbocycles. The minimum Gasteiger partial charge on any atom is -0.316 e. The molecule has 0 aromatic heterocycles. The summed E-state index contributed by atoms with van der Waals surface area (Å²) in [7, 11) is 1.96. The van der Waals surface area contributed by atoms with Crippen molar-refractivity contribution in [1.29, 1.82) is 0 Å². The van der Waals surface area contributed by atoms with Crippen LogP contribution >= 0.6 is 15.9 Å². The highest BCUT2D eigenvalue weighted by Gasteiger charge is 2.04. The standard InChI is InChI=1S/C4H6BrN2/c1-7-3-4(5)2-6-7/h6H,3H2,1H3. The lowest BCUT2D eigenvalue weighted by atomic mass is 10.6. The maximum atomic E-state index is 3.28. The predicted molar refractivity (Wildman–Crippen MR) is 31.4 cm³/mol. The zero-order valence-electron chi connectivity index (χ0n) is 4.03. The van der Waals surface area contributed by atoms with Gasteiger partial charge < -0.3 is 5.43 Å². The Labute approximate surface area is 51.3 Å². The van der Waals surface area contributed by atoms with Crippen LogP contribution in [-0.2, 0) is 0 Å². The third-order valence-corrected chi connectivity index (χ3v) is 1.21. The Morgan fingerprint density at radius 2 is 2.71 bits per heavy atom. The van der Waals surface area contributed by atoms with E-state index in [1.807, 2.05) is 12.1 Å². The van der Waals surface area contributed by atoms with Crippen LogP contribution in [0.5, 0.6) is 0 Å². The average molecular weight is 162 g/mol. The molecular weight excluding hydrogens is 156 g/mol. The molecule has 3 heteroatoms. The average Bonchev–Trinajstić information content (AvgIpc) is 1.87. The Morgan fingerprint density at radius 1 is 2.00 bits per heavy atom. The van der Waals surface area contributed by atoms with Gasteiger partial charge in [0, 0.05) is 11.5 Å². The largest absolute Gasteiger partial charge is 0.316 e. The van der Waals surface area contributed by atoms with Crippen molar-refractivity contribution in [3.8, 4) is 0 Å². The van der Waals surface area contributed by atoms with Gasteiger partial charge in [0.25, 0.3) is 0 Å². The first-order valence-electron chi connectivity index (χ1n) is 2.03. The van der Waals surface area contributed by atoms with E-state index < -0.39 is 0 Å². The van der Waals surface area contributed by atoms with E-state index in [0.29, 0.717) is 0 Å². The molecule has 0 spiro atoms. The van der Waals surface area contributed by atoms with Crippen LogP contribution < -0.4 is 5.43 Å². The van der Waals surface area contributed by atoms with Crippen molar-refractivity contribution >= 4 is 15.9 Å². The Hall–Kier alpha value is -0.0200. The third kappa shape index (κ3) is 1.17. The summed E-state index contributed by atoms with van der Waals surface area (Å²) < 4.78 is 1.08. The summed E-state index contributed by atoms with van der Waals surface area (Å²) in [4.78, 5) is 0. The fourth-order valence-corrected chi connectivity index (χ4v) is 0.908. The smallest absolute Gasteiger partial charge is 0.0861 e. The normalized spacial score (nSPS) is 21.7. The molecule has 1 aliphatic heterocycles. The molecule has 0 amide bonds. The van der Waals surface area contributed by atoms with E-state index >= 15 is 0 Å². The monoisotopic (exact) mass is 161 g/mol. The van der Waals surface area contributed by atoms with Crippen molar-refractivity contribution in [3.05, 3.63) is 10.7 Å². The number of likely N-dealkylation sites (N-methyl/N-ethyl adjacent to an activating group) is 1. The summed E-state index contributed by atoms with van der Waals surface area (Å²) in [5.41, 5.74) is 2.87. The molecule has 7 heavy (non-hydrogen) atoms. The van der Waals surface area contributed by atoms with Crippen LogP contribution in [0.1, 0.15) is 0 Å². The number of rotatable bonds is 0. The SMILES string of the molecule is CN1CC(Br)=[C]N1. The van der Waals surface area contributed by atoms with Gasteiger partial charge in [-0.15, -0.1) is 0 Å². The molecule has 0 saturated heterocycles. The number of nitrogens with zero attached hydrogens (tertiary/aromatic N) is 1. The van der Waals surface area contributed by atoms with Crippen molar-refractivity contribution in [1.82, 2.24) is 10.4 Å². The van der Waals surface area contributed by atoms with Gasteiger partial charge in [0.2, 0.25) is 0 Å². The molecule has 39 valence electrons. The maximum absolute atomic E-state index is 3.28. The van der Waals surface area contributed by atoms with Crippen LogP contribution in [-0.4, -0.2) is 18.6 Å². The van der Waals surface area contributed by atoms with E-state index in [-0.39, 0.29) is 0 Å². The number of halogens is 1. The summed E-state index contributed by atoms with van der Waals surface area (Å²) in [6.07, 6.45) is 2.88. The Morgan fingerprint density at radius 3 is 2.86 bits per heavy atom. The van der Waals surface area contributed by atoms with Crippen molar-refractivity contribution in [3.63, 3.8) is 0 Å². The quantitative estimate of drug-likeness (QED) is 0.557. The van der Waals surface area contributed by atoms with Crippen LogP contribution in [0.15, 0.2) is 4.48 Å². The van der Waals surface area contributed by atoms with Gasteiger partial charge in [-0.1, -0.05) is 15.9 Å². The molecule has 0 saturated carbocycles. The van der Waals surface area contributed by atoms with E-state index in [0.717, 1.165) is 11.0 Å². The highest BCUT2D eigenvalue weighted by molar-refractivity contribution is 9.11. The third-order valence-electron chi connectivity index (χ3n) is 0.758. The predicted octanol–water partition coefficient (Wildman–Crippen LogP) is 0.476. The highest BCUT2D eigenvalue weighted by Crippen LogP contribution is 2.07. The Kier molecular flexibility index (Phi) is 1.35. The number of hydrogen-bond acceptors (Lipinski definition) is 2. The highest BCUT2D eigenvalue weighted by atomic mass is 79.9. The van der Waals surface area contributed by atoms with Crippen LogP contribution in [0, 0.1) is 6.20 Å². The topological polar surface area (TPSA) is 15.3 Å². The maximum Gasteiger partial charge on any atom is 0.0861 e. The van der Waals surface area contributed by atoms with Crippen LogP contribution in [0.4, 0.5) is 0 Å². The summed E-state index contributed by atoms with van der Waals surface area (Å²) in [5, 5.41) is 1.93. The molecule has 1 radical (unpaired) electrons. The molecule has 0 fully saturated rings. The second-order valence-corrected chi connectivity index (χ2v) is 2.45. The first-order valence-corrected chi connectivity index (χ1v) is 2.82. The number of hydrazine groups is 1. The molecule has 0 unspecified atom stereocenters. The molecule has 0 bridgehead atoms. The van der Waals surface area contributed by atoms with Gasteiger partial charge in [0.1, 0.15) is 0 Å². The van der Waals surface area contributed by atoms with Crippen molar-refractivity contribution < 1.29 is 0 Å². The first kappa shape index (κ1) is 5.12. The van der Waals surface area contributed by atoms with Gasteiger partial charge >= 0.3 is 0 Å². The van der Waals surface area contributed by atoms with E-state index in [1.54, 1.807) is 0 Å². The van der Waals surface area contributed by atoms with E-state index in [9.17, 15) is 0 Å². The second kappa shape index (κ2) is 1.84. The van der Waals surface area contributed by atoms with Crippen molar-refractivity contribution in [2.75, 3.05) is 13.6 Å². The summed E-state index contributed by atoms with van der Waals surface area (Å²) in [6.45, 7) is 0.917. The zero-order valence-corrected chi connectivity index (χ0v) is 5.62. The molecule has 1 N–H and O–H groups in total. The van der Waals surface area contributed by atoms with Crippen molar-refractivity contribution in [2.24, 2.45) is 0 Å². The number of hydrogen-bond donors (Lipinski definition) is 1. The summed E-state index contributed by atoms with van der Waals surface area (Å²) >= 11 is 3.28. The van der Waals surface area contributed by atoms with Gasteiger partial charge in [-0.2, -0.15) is 0 Å². The Bertz CT molecular complexity index is 99.9. The van der Waals surface area contributed by atoms with E-state index in [4.69, 9.17) is 0 Å². The van der Waals surface area contributed by atoms with Gasteiger partial charge in [-0.25, -0.2) is 5.01 Å². The van der Waals surface area contributed by atoms with Gasteiger partial charge in [-0.05, 0) is 0 Å². The number of nitrogens with one attached hydrogen (secondary N) is 1. The fraction of sp³-hybridized carbons (Fsp3) is 0.500. The molecule has 1 heterocycles. The molecule has 1 aliphatic rings. The molecule has 0 atom stereocenters. The van der Waals surface area contributed by atoms with Gasteiger partial charge in [-0.3, -0.25) is 0 Å². The van der Waals surface area contributed by atoms with Crippen LogP contribution in [0.3, 0.4) is 0 Å². The van der Waals surface area contributed by atoms with Crippen molar-refractivity contribution in [2.45, 2.75) is 0 Å². The lowest BCUT2D eigenvalue weighted by molar-refractivity contribution is 0.326. The molecule has 0 aromatic rings. The fourth-order valence-electron chi connectivity index (χ4n) is 0.443. The van der Waals surface area contributed by atoms with Crippen LogP contribution in [0.25, 0.3) is 0 Å². The van der Waals surface area contributed by atoms with Gasteiger partial charge in [0.05, 0.1) is 12.7 Å². The lowest BCUT2D eigenvalue weighted by Gasteiger charge is -2.04. The molecular formula is C4H6BrN2. The first-order chi connectivity index (χ1) is 3.29. The summed E-state index contributed by atoms with van der Waals surface area (Å²) in [5.74, 6) is 0. The zero-order chi connectivity index (χ0) is 5.28. The minimum atomic E-state index is 0.917. The molecule has 0 aromatic carbocycles. The van der Waals surface area contributed by atoms with E-state index in [2.05, 4.69) is 27.6 Å². The molecule has 1 rings (SSSR count). The van der Waals surface area contributed by atoms with Gasteiger partial charge in [0.15, 0.2) is 0 Å². The lowest BCUT2D eigenvalue weighted by Crippen LogP contribution is -2.24. The Balaban J connectivity index is 2.42. The van der Waals surface area contributed by atoms with E-state index in [1.165, 1.54) is 0 Å². The van der Waals surface area contributed by atoms with Crippen LogP contribution in [0.2, 0.25) is 0 Å². The second-order valence-electron chi connectivity index (χ2n) is 1.50. The molecule has 2 nitrogen and oxygen atoms in total. The summed E-state index contributed by atoms with van der Waals surface area (Å²) in [6, 6.07) is 0.